The van der Waals surface area contributed by atoms with Gasteiger partial charge in [-0.2, -0.15) is 0 Å². The van der Waals surface area contributed by atoms with Gasteiger partial charge in [0.05, 0.1) is 11.3 Å². The second-order valence-electron chi connectivity index (χ2n) is 5.59. The first-order valence-corrected chi connectivity index (χ1v) is 8.55. The fraction of sp³-hybridized carbons (Fsp3) is 0.150. The number of nitrogens with one attached hydrogen (secondary N) is 2. The van der Waals surface area contributed by atoms with Crippen molar-refractivity contribution in [3.8, 4) is 0 Å². The lowest BCUT2D eigenvalue weighted by Gasteiger charge is -2.15. The third-order valence-corrected chi connectivity index (χ3v) is 3.83. The number of hydrogen-bond donors (Lipinski definition) is 2. The van der Waals surface area contributed by atoms with Crippen LogP contribution in [0.4, 0.5) is 5.69 Å². The molecule has 0 saturated heterocycles. The smallest absolute Gasteiger partial charge is 0.341 e. The Morgan fingerprint density at radius 3 is 2.48 bits per heavy atom. The molecule has 2 amide bonds. The molecular weight excluding hydrogens is 368 g/mol. The largest absolute Gasteiger partial charge is 0.449 e. The van der Waals surface area contributed by atoms with Crippen molar-refractivity contribution in [3.63, 3.8) is 0 Å². The maximum absolute atomic E-state index is 12.4. The summed E-state index contributed by atoms with van der Waals surface area (Å²) < 4.78 is 5.18. The number of benzene rings is 2. The van der Waals surface area contributed by atoms with E-state index >= 15 is 0 Å². The summed E-state index contributed by atoms with van der Waals surface area (Å²) in [5.74, 6) is -1.56. The molecule has 2 aromatic carbocycles. The van der Waals surface area contributed by atoms with Crippen LogP contribution in [0.15, 0.2) is 61.2 Å². The Hall–Kier alpha value is -3.12. The Bertz CT molecular complexity index is 849. The predicted molar refractivity (Wildman–Crippen MR) is 104 cm³/mol. The number of amides is 2. The van der Waals surface area contributed by atoms with Gasteiger partial charge in [0.25, 0.3) is 11.8 Å². The van der Waals surface area contributed by atoms with Gasteiger partial charge in [0, 0.05) is 17.1 Å². The monoisotopic (exact) mass is 386 g/mol. The van der Waals surface area contributed by atoms with Gasteiger partial charge in [-0.25, -0.2) is 4.79 Å². The number of rotatable bonds is 7. The van der Waals surface area contributed by atoms with E-state index in [-0.39, 0.29) is 17.8 Å². The summed E-state index contributed by atoms with van der Waals surface area (Å²) in [4.78, 5) is 36.6. The molecule has 0 saturated carbocycles. The first-order valence-electron chi connectivity index (χ1n) is 8.18. The van der Waals surface area contributed by atoms with E-state index in [4.69, 9.17) is 16.3 Å². The molecule has 0 bridgehead atoms. The zero-order valence-corrected chi connectivity index (χ0v) is 15.5. The molecule has 0 aliphatic carbocycles. The van der Waals surface area contributed by atoms with Crippen LogP contribution in [0.2, 0.25) is 5.02 Å². The summed E-state index contributed by atoms with van der Waals surface area (Å²) in [5.41, 5.74) is 0.809. The highest BCUT2D eigenvalue weighted by molar-refractivity contribution is 6.30. The lowest BCUT2D eigenvalue weighted by molar-refractivity contribution is -0.128. The minimum Gasteiger partial charge on any atom is -0.449 e. The van der Waals surface area contributed by atoms with Gasteiger partial charge < -0.3 is 15.4 Å². The molecule has 0 unspecified atom stereocenters. The summed E-state index contributed by atoms with van der Waals surface area (Å²) in [7, 11) is 0. The van der Waals surface area contributed by atoms with Crippen LogP contribution in [0.3, 0.4) is 0 Å². The van der Waals surface area contributed by atoms with Crippen LogP contribution < -0.4 is 10.6 Å². The summed E-state index contributed by atoms with van der Waals surface area (Å²) in [6.07, 6.45) is 0.533. The molecule has 27 heavy (non-hydrogen) atoms. The Morgan fingerprint density at radius 1 is 1.15 bits per heavy atom. The highest BCUT2D eigenvalue weighted by Crippen LogP contribution is 2.19. The van der Waals surface area contributed by atoms with Gasteiger partial charge in [0.1, 0.15) is 0 Å². The third kappa shape index (κ3) is 5.69. The van der Waals surface area contributed by atoms with Crippen LogP contribution in [-0.2, 0) is 9.53 Å². The fourth-order valence-corrected chi connectivity index (χ4v) is 2.29. The molecule has 0 aliphatic heterocycles. The topological polar surface area (TPSA) is 84.5 Å². The lowest BCUT2D eigenvalue weighted by Crippen LogP contribution is -2.36. The molecule has 0 aliphatic rings. The number of carbonyl (C=O) groups is 3. The van der Waals surface area contributed by atoms with Crippen molar-refractivity contribution in [2.24, 2.45) is 0 Å². The van der Waals surface area contributed by atoms with Crippen LogP contribution in [0, 0.1) is 0 Å². The second-order valence-corrected chi connectivity index (χ2v) is 6.02. The number of esters is 1. The van der Waals surface area contributed by atoms with Crippen LogP contribution in [0.5, 0.6) is 0 Å². The van der Waals surface area contributed by atoms with E-state index in [0.717, 1.165) is 0 Å². The van der Waals surface area contributed by atoms with Crippen LogP contribution in [0.1, 0.15) is 27.6 Å². The van der Waals surface area contributed by atoms with Crippen molar-refractivity contribution < 1.29 is 19.1 Å². The van der Waals surface area contributed by atoms with Gasteiger partial charge in [-0.15, -0.1) is 6.58 Å². The Morgan fingerprint density at radius 2 is 1.81 bits per heavy atom. The molecule has 7 heteroatoms. The number of para-hydroxylation sites is 1. The molecule has 140 valence electrons. The Balaban J connectivity index is 2.11. The summed E-state index contributed by atoms with van der Waals surface area (Å²) in [6, 6.07) is 12.7. The molecule has 0 radical (unpaired) electrons. The number of ether oxygens (including phenoxy) is 1. The van der Waals surface area contributed by atoms with E-state index in [2.05, 4.69) is 17.2 Å². The molecule has 0 heterocycles. The zero-order chi connectivity index (χ0) is 19.8. The van der Waals surface area contributed by atoms with Gasteiger partial charge in [0.2, 0.25) is 0 Å². The summed E-state index contributed by atoms with van der Waals surface area (Å²) in [5, 5.41) is 5.73. The summed E-state index contributed by atoms with van der Waals surface area (Å²) in [6.45, 7) is 5.24. The maximum atomic E-state index is 12.4. The molecule has 6 nitrogen and oxygen atoms in total. The average molecular weight is 387 g/mol. The molecule has 1 atom stereocenters. The van der Waals surface area contributed by atoms with E-state index in [1.54, 1.807) is 42.5 Å². The molecule has 2 N–H and O–H groups in total. The minimum absolute atomic E-state index is 0.142. The minimum atomic E-state index is -0.988. The lowest BCUT2D eigenvalue weighted by atomic mass is 10.1. The quantitative estimate of drug-likeness (QED) is 0.564. The molecule has 0 aromatic heterocycles. The SMILES string of the molecule is C=CCNC(=O)[C@@H](C)OC(=O)c1ccccc1NC(=O)c1ccc(Cl)cc1. The van der Waals surface area contributed by atoms with Gasteiger partial charge >= 0.3 is 5.97 Å². The van der Waals surface area contributed by atoms with Crippen LogP contribution in [0.25, 0.3) is 0 Å². The zero-order valence-electron chi connectivity index (χ0n) is 14.7. The first-order chi connectivity index (χ1) is 12.9. The fourth-order valence-electron chi connectivity index (χ4n) is 2.16. The normalized spacial score (nSPS) is 11.2. The van der Waals surface area contributed by atoms with Crippen LogP contribution >= 0.6 is 11.6 Å². The van der Waals surface area contributed by atoms with E-state index < -0.39 is 23.9 Å². The molecule has 2 aromatic rings. The molecule has 0 fully saturated rings. The standard InChI is InChI=1S/C20H19ClN2O4/c1-3-12-22-18(24)13(2)27-20(26)16-6-4-5-7-17(16)23-19(25)14-8-10-15(21)11-9-14/h3-11,13H,1,12H2,2H3,(H,22,24)(H,23,25)/t13-/m1/s1. The van der Waals surface area contributed by atoms with Gasteiger partial charge in [-0.05, 0) is 43.3 Å². The second kappa shape index (κ2) is 9.54. The van der Waals surface area contributed by atoms with E-state index in [1.165, 1.54) is 19.1 Å². The van der Waals surface area contributed by atoms with Crippen molar-refractivity contribution in [2.45, 2.75) is 13.0 Å². The maximum Gasteiger partial charge on any atom is 0.341 e. The van der Waals surface area contributed by atoms with E-state index in [1.807, 2.05) is 0 Å². The number of halogens is 1. The molecule has 2 rings (SSSR count). The number of hydrogen-bond acceptors (Lipinski definition) is 4. The number of carbonyl (C=O) groups excluding carboxylic acids is 3. The van der Waals surface area contributed by atoms with Crippen molar-refractivity contribution in [1.29, 1.82) is 0 Å². The van der Waals surface area contributed by atoms with Crippen molar-refractivity contribution in [1.82, 2.24) is 5.32 Å². The summed E-state index contributed by atoms with van der Waals surface area (Å²) >= 11 is 5.82. The van der Waals surface area contributed by atoms with Gasteiger partial charge in [0.15, 0.2) is 6.10 Å². The predicted octanol–water partition coefficient (Wildman–Crippen LogP) is 3.44. The molecular formula is C20H19ClN2O4. The van der Waals surface area contributed by atoms with E-state index in [9.17, 15) is 14.4 Å². The Labute approximate surface area is 162 Å². The average Bonchev–Trinajstić information content (AvgIpc) is 2.66. The van der Waals surface area contributed by atoms with Crippen molar-refractivity contribution >= 4 is 35.1 Å². The Kier molecular flexibility index (Phi) is 7.14. The van der Waals surface area contributed by atoms with E-state index in [0.29, 0.717) is 10.6 Å². The first kappa shape index (κ1) is 20.2. The highest BCUT2D eigenvalue weighted by atomic mass is 35.5. The van der Waals surface area contributed by atoms with Gasteiger partial charge in [-0.3, -0.25) is 9.59 Å². The number of anilines is 1. The highest BCUT2D eigenvalue weighted by Gasteiger charge is 2.21. The van der Waals surface area contributed by atoms with Crippen molar-refractivity contribution in [3.05, 3.63) is 77.3 Å². The van der Waals surface area contributed by atoms with Gasteiger partial charge in [-0.1, -0.05) is 29.8 Å². The molecule has 0 spiro atoms. The van der Waals surface area contributed by atoms with Crippen molar-refractivity contribution in [2.75, 3.05) is 11.9 Å². The third-order valence-electron chi connectivity index (χ3n) is 3.58. The van der Waals surface area contributed by atoms with Crippen LogP contribution in [-0.4, -0.2) is 30.4 Å².